The maximum Gasteiger partial charge on any atom is 0.243 e. The van der Waals surface area contributed by atoms with Gasteiger partial charge >= 0.3 is 0 Å². The number of hydrogen-bond acceptors (Lipinski definition) is 8. The Morgan fingerprint density at radius 1 is 0.861 bits per heavy atom. The summed E-state index contributed by atoms with van der Waals surface area (Å²) in [5.41, 5.74) is 0.716. The number of anilines is 6. The highest BCUT2D eigenvalue weighted by molar-refractivity contribution is 6.32. The van der Waals surface area contributed by atoms with Gasteiger partial charge in [0.15, 0.2) is 0 Å². The summed E-state index contributed by atoms with van der Waals surface area (Å²) < 4.78 is 33.4. The maximum atomic E-state index is 14.1. The lowest BCUT2D eigenvalue weighted by Crippen LogP contribution is -2.23. The van der Waals surface area contributed by atoms with Crippen LogP contribution in [-0.4, -0.2) is 34.5 Å². The molecule has 1 amide bonds. The number of carbonyl (C=O) groups excluding carboxylic acids is 1. The summed E-state index contributed by atoms with van der Waals surface area (Å²) in [6, 6.07) is 16.7. The van der Waals surface area contributed by atoms with E-state index < -0.39 is 17.5 Å². The van der Waals surface area contributed by atoms with Crippen molar-refractivity contribution >= 4 is 52.4 Å². The molecular formula is C24H20ClF2N7O2. The summed E-state index contributed by atoms with van der Waals surface area (Å²) in [4.78, 5) is 25.0. The summed E-state index contributed by atoms with van der Waals surface area (Å²) in [5, 5.41) is 11.3. The number of benzene rings is 3. The molecule has 12 heteroatoms. The first-order valence-electron chi connectivity index (χ1n) is 10.6. The van der Waals surface area contributed by atoms with E-state index in [1.54, 1.807) is 42.5 Å². The van der Waals surface area contributed by atoms with Crippen LogP contribution in [0.5, 0.6) is 5.75 Å². The Balaban J connectivity index is 1.52. The Morgan fingerprint density at radius 2 is 1.42 bits per heavy atom. The number of carbonyl (C=O) groups is 1. The number of ether oxygens (including phenoxy) is 1. The zero-order chi connectivity index (χ0) is 25.5. The molecule has 0 fully saturated rings. The van der Waals surface area contributed by atoms with Crippen molar-refractivity contribution in [1.82, 2.24) is 15.0 Å². The van der Waals surface area contributed by atoms with Crippen LogP contribution >= 0.6 is 11.6 Å². The SMILES string of the molecule is COc1ccc(NC(=O)CNc2nc(Nc3ccccc3F)nc(Nc3ccccc3F)n2)cc1Cl. The van der Waals surface area contributed by atoms with E-state index in [-0.39, 0.29) is 35.8 Å². The zero-order valence-corrected chi connectivity index (χ0v) is 19.6. The fourth-order valence-corrected chi connectivity index (χ4v) is 3.30. The quantitative estimate of drug-likeness (QED) is 0.238. The van der Waals surface area contributed by atoms with Gasteiger partial charge in [0.1, 0.15) is 17.4 Å². The Bertz CT molecular complexity index is 1320. The summed E-state index contributed by atoms with van der Waals surface area (Å²) in [6.45, 7) is -0.216. The number of nitrogens with zero attached hydrogens (tertiary/aromatic N) is 3. The molecule has 0 aliphatic carbocycles. The van der Waals surface area contributed by atoms with Gasteiger partial charge in [0.25, 0.3) is 0 Å². The van der Waals surface area contributed by atoms with Crippen LogP contribution in [0, 0.1) is 11.6 Å². The number of amides is 1. The molecule has 4 aromatic rings. The van der Waals surface area contributed by atoms with E-state index >= 15 is 0 Å². The third kappa shape index (κ3) is 6.33. The second-order valence-electron chi connectivity index (χ2n) is 7.27. The van der Waals surface area contributed by atoms with Crippen LogP contribution in [0.3, 0.4) is 0 Å². The molecular weight excluding hydrogens is 492 g/mol. The van der Waals surface area contributed by atoms with Gasteiger partial charge in [-0.05, 0) is 42.5 Å². The Morgan fingerprint density at radius 3 is 1.94 bits per heavy atom. The van der Waals surface area contributed by atoms with Crippen LogP contribution in [-0.2, 0) is 4.79 Å². The van der Waals surface area contributed by atoms with Crippen molar-refractivity contribution in [3.05, 3.63) is 83.4 Å². The lowest BCUT2D eigenvalue weighted by Gasteiger charge is -2.12. The van der Waals surface area contributed by atoms with Crippen molar-refractivity contribution in [1.29, 1.82) is 0 Å². The molecule has 0 saturated carbocycles. The van der Waals surface area contributed by atoms with Gasteiger partial charge in [-0.25, -0.2) is 8.78 Å². The van der Waals surface area contributed by atoms with Gasteiger partial charge in [0.05, 0.1) is 30.1 Å². The standard InChI is InChI=1S/C24H20ClF2N7O2/c1-36-20-11-10-14(12-15(20)25)29-21(35)13-28-22-32-23(30-18-8-4-2-6-16(18)26)34-24(33-22)31-19-9-5-3-7-17(19)27/h2-12H,13H2,1H3,(H,29,35)(H3,28,30,31,32,33,34). The average Bonchev–Trinajstić information content (AvgIpc) is 2.86. The molecule has 0 unspecified atom stereocenters. The normalized spacial score (nSPS) is 10.4. The molecule has 0 saturated heterocycles. The minimum Gasteiger partial charge on any atom is -0.495 e. The number of methoxy groups -OCH3 is 1. The number of nitrogens with one attached hydrogen (secondary N) is 4. The molecule has 0 aliphatic heterocycles. The summed E-state index contributed by atoms with van der Waals surface area (Å²) in [7, 11) is 1.49. The van der Waals surface area contributed by atoms with Gasteiger partial charge in [-0.3, -0.25) is 4.79 Å². The highest BCUT2D eigenvalue weighted by atomic mass is 35.5. The van der Waals surface area contributed by atoms with Crippen LogP contribution < -0.4 is 26.0 Å². The predicted molar refractivity (Wildman–Crippen MR) is 134 cm³/mol. The molecule has 0 radical (unpaired) electrons. The third-order valence-corrected chi connectivity index (χ3v) is 5.01. The molecule has 184 valence electrons. The third-order valence-electron chi connectivity index (χ3n) is 4.72. The number of aromatic nitrogens is 3. The lowest BCUT2D eigenvalue weighted by molar-refractivity contribution is -0.114. The first-order valence-corrected chi connectivity index (χ1v) is 11.0. The number of para-hydroxylation sites is 2. The predicted octanol–water partition coefficient (Wildman–Crippen LogP) is 5.35. The second kappa shape index (κ2) is 11.3. The Hall–Kier alpha value is -4.51. The zero-order valence-electron chi connectivity index (χ0n) is 18.8. The highest BCUT2D eigenvalue weighted by Gasteiger charge is 2.12. The van der Waals surface area contributed by atoms with Gasteiger partial charge < -0.3 is 26.0 Å². The van der Waals surface area contributed by atoms with E-state index in [1.165, 1.54) is 31.4 Å². The van der Waals surface area contributed by atoms with Crippen molar-refractivity contribution in [2.75, 3.05) is 34.9 Å². The Kier molecular flexibility index (Phi) is 7.71. The van der Waals surface area contributed by atoms with E-state index in [4.69, 9.17) is 16.3 Å². The van der Waals surface area contributed by atoms with Gasteiger partial charge in [0.2, 0.25) is 23.8 Å². The number of halogens is 3. The minimum atomic E-state index is -0.520. The van der Waals surface area contributed by atoms with E-state index in [1.807, 2.05) is 0 Å². The van der Waals surface area contributed by atoms with Gasteiger partial charge in [-0.2, -0.15) is 15.0 Å². The van der Waals surface area contributed by atoms with E-state index in [9.17, 15) is 13.6 Å². The van der Waals surface area contributed by atoms with E-state index in [2.05, 4.69) is 36.2 Å². The van der Waals surface area contributed by atoms with Crippen molar-refractivity contribution in [3.63, 3.8) is 0 Å². The van der Waals surface area contributed by atoms with E-state index in [0.29, 0.717) is 16.5 Å². The smallest absolute Gasteiger partial charge is 0.243 e. The fraction of sp³-hybridized carbons (Fsp3) is 0.0833. The molecule has 0 bridgehead atoms. The fourth-order valence-electron chi connectivity index (χ4n) is 3.04. The molecule has 3 aromatic carbocycles. The number of rotatable bonds is 9. The van der Waals surface area contributed by atoms with E-state index in [0.717, 1.165) is 0 Å². The van der Waals surface area contributed by atoms with Crippen molar-refractivity contribution in [3.8, 4) is 5.75 Å². The second-order valence-corrected chi connectivity index (χ2v) is 7.67. The maximum absolute atomic E-state index is 14.1. The Labute approximate surface area is 209 Å². The topological polar surface area (TPSA) is 113 Å². The van der Waals surface area contributed by atoms with Crippen molar-refractivity contribution < 1.29 is 18.3 Å². The molecule has 1 heterocycles. The summed E-state index contributed by atoms with van der Waals surface area (Å²) >= 11 is 6.09. The molecule has 36 heavy (non-hydrogen) atoms. The molecule has 0 aliphatic rings. The van der Waals surface area contributed by atoms with Crippen LogP contribution in [0.2, 0.25) is 5.02 Å². The van der Waals surface area contributed by atoms with Gasteiger partial charge in [0, 0.05) is 5.69 Å². The molecule has 0 spiro atoms. The van der Waals surface area contributed by atoms with Crippen molar-refractivity contribution in [2.45, 2.75) is 0 Å². The lowest BCUT2D eigenvalue weighted by atomic mass is 10.3. The molecule has 9 nitrogen and oxygen atoms in total. The van der Waals surface area contributed by atoms with Crippen molar-refractivity contribution in [2.24, 2.45) is 0 Å². The van der Waals surface area contributed by atoms with Crippen LogP contribution in [0.15, 0.2) is 66.7 Å². The van der Waals surface area contributed by atoms with Gasteiger partial charge in [-0.15, -0.1) is 0 Å². The van der Waals surface area contributed by atoms with Crippen LogP contribution in [0.25, 0.3) is 0 Å². The summed E-state index contributed by atoms with van der Waals surface area (Å²) in [6.07, 6.45) is 0. The molecule has 0 atom stereocenters. The average molecular weight is 512 g/mol. The van der Waals surface area contributed by atoms with Crippen LogP contribution in [0.4, 0.5) is 43.7 Å². The molecule has 4 N–H and O–H groups in total. The molecule has 4 rings (SSSR count). The molecule has 1 aromatic heterocycles. The van der Waals surface area contributed by atoms with Gasteiger partial charge in [-0.1, -0.05) is 35.9 Å². The largest absolute Gasteiger partial charge is 0.495 e. The minimum absolute atomic E-state index is 0.00871. The number of hydrogen-bond donors (Lipinski definition) is 4. The summed E-state index contributed by atoms with van der Waals surface area (Å²) in [5.74, 6) is -1.04. The highest BCUT2D eigenvalue weighted by Crippen LogP contribution is 2.27. The van der Waals surface area contributed by atoms with Crippen LogP contribution in [0.1, 0.15) is 0 Å². The first kappa shape index (κ1) is 24.6. The first-order chi connectivity index (χ1) is 17.4. The monoisotopic (exact) mass is 511 g/mol.